The van der Waals surface area contributed by atoms with E-state index in [0.717, 1.165) is 0 Å². The molecule has 1 N–H and O–H groups in total. The minimum atomic E-state index is -4.22. The highest BCUT2D eigenvalue weighted by Crippen LogP contribution is 2.21. The van der Waals surface area contributed by atoms with Gasteiger partial charge in [0, 0.05) is 6.42 Å². The van der Waals surface area contributed by atoms with Crippen LogP contribution in [0.5, 0.6) is 0 Å². The van der Waals surface area contributed by atoms with Gasteiger partial charge in [-0.25, -0.2) is 0 Å². The molecule has 0 radical (unpaired) electrons. The average molecular weight is 224 g/mol. The van der Waals surface area contributed by atoms with Gasteiger partial charge in [-0.1, -0.05) is 5.16 Å². The van der Waals surface area contributed by atoms with Gasteiger partial charge in [0.2, 0.25) is 5.89 Å². The maximum Gasteiger partial charge on any atom is 0.389 e. The minimum absolute atomic E-state index is 0.0166. The normalized spacial score (nSPS) is 14.2. The molecule has 0 aliphatic rings. The lowest BCUT2D eigenvalue weighted by Gasteiger charge is -2.01. The van der Waals surface area contributed by atoms with Gasteiger partial charge < -0.3 is 9.63 Å². The maximum atomic E-state index is 11.8. The summed E-state index contributed by atoms with van der Waals surface area (Å²) in [6.45, 7) is 1.53. The fourth-order valence-electron chi connectivity index (χ4n) is 0.981. The molecule has 0 saturated heterocycles. The number of hydrogen-bond donors (Lipinski definition) is 1. The predicted molar refractivity (Wildman–Crippen MR) is 44.1 cm³/mol. The molecule has 0 aliphatic carbocycles. The van der Waals surface area contributed by atoms with Crippen molar-refractivity contribution in [3.63, 3.8) is 0 Å². The quantitative estimate of drug-likeness (QED) is 0.841. The second kappa shape index (κ2) is 4.61. The first-order valence-corrected chi connectivity index (χ1v) is 4.43. The van der Waals surface area contributed by atoms with E-state index in [0.29, 0.717) is 0 Å². The van der Waals surface area contributed by atoms with Gasteiger partial charge in [0.15, 0.2) is 5.82 Å². The van der Waals surface area contributed by atoms with Gasteiger partial charge in [-0.15, -0.1) is 0 Å². The summed E-state index contributed by atoms with van der Waals surface area (Å²) in [5.41, 5.74) is 0. The molecule has 0 saturated carbocycles. The molecule has 1 aromatic rings. The van der Waals surface area contributed by atoms with Gasteiger partial charge in [0.05, 0.1) is 18.9 Å². The van der Waals surface area contributed by atoms with E-state index in [1.807, 2.05) is 0 Å². The Morgan fingerprint density at radius 1 is 1.47 bits per heavy atom. The van der Waals surface area contributed by atoms with Crippen molar-refractivity contribution < 1.29 is 22.8 Å². The molecule has 7 heteroatoms. The highest BCUT2D eigenvalue weighted by Gasteiger charge is 2.27. The number of nitrogens with zero attached hydrogens (tertiary/aromatic N) is 2. The van der Waals surface area contributed by atoms with Crippen LogP contribution in [0, 0.1) is 0 Å². The summed E-state index contributed by atoms with van der Waals surface area (Å²) in [6.07, 6.45) is -5.99. The molecule has 4 nitrogen and oxygen atoms in total. The lowest BCUT2D eigenvalue weighted by molar-refractivity contribution is -0.134. The van der Waals surface area contributed by atoms with E-state index in [1.54, 1.807) is 0 Å². The summed E-state index contributed by atoms with van der Waals surface area (Å²) in [4.78, 5) is 3.72. The molecular formula is C8H11F3N2O2. The van der Waals surface area contributed by atoms with E-state index in [1.165, 1.54) is 6.92 Å². The van der Waals surface area contributed by atoms with E-state index in [-0.39, 0.29) is 24.6 Å². The first-order chi connectivity index (χ1) is 6.87. The van der Waals surface area contributed by atoms with Gasteiger partial charge >= 0.3 is 6.18 Å². The number of hydrogen-bond acceptors (Lipinski definition) is 4. The number of alkyl halides is 3. The summed E-state index contributed by atoms with van der Waals surface area (Å²) in [5.74, 6) is 0.171. The highest BCUT2D eigenvalue weighted by molar-refractivity contribution is 4.88. The zero-order valence-electron chi connectivity index (χ0n) is 8.08. The molecule has 0 amide bonds. The number of rotatable bonds is 4. The summed E-state index contributed by atoms with van der Waals surface area (Å²) in [6, 6.07) is 0. The van der Waals surface area contributed by atoms with Crippen LogP contribution in [0.15, 0.2) is 4.52 Å². The third-order valence-corrected chi connectivity index (χ3v) is 1.61. The van der Waals surface area contributed by atoms with Gasteiger partial charge in [0.1, 0.15) is 0 Å². The molecule has 1 unspecified atom stereocenters. The SMILES string of the molecule is CC(O)Cc1nc(CCC(F)(F)F)no1. The maximum absolute atomic E-state index is 11.8. The Hall–Kier alpha value is -1.11. The Kier molecular flexibility index (Phi) is 3.67. The molecule has 1 atom stereocenters. The molecule has 1 aromatic heterocycles. The Morgan fingerprint density at radius 3 is 2.67 bits per heavy atom. The van der Waals surface area contributed by atoms with E-state index in [2.05, 4.69) is 14.7 Å². The third-order valence-electron chi connectivity index (χ3n) is 1.61. The molecule has 0 spiro atoms. The zero-order chi connectivity index (χ0) is 11.5. The topological polar surface area (TPSA) is 59.2 Å². The average Bonchev–Trinajstić information content (AvgIpc) is 2.46. The molecule has 0 aliphatic heterocycles. The molecule has 1 heterocycles. The van der Waals surface area contributed by atoms with Crippen molar-refractivity contribution in [2.45, 2.75) is 38.5 Å². The van der Waals surface area contributed by atoms with E-state index >= 15 is 0 Å². The van der Waals surface area contributed by atoms with Crippen LogP contribution in [0.25, 0.3) is 0 Å². The Morgan fingerprint density at radius 2 is 2.13 bits per heavy atom. The predicted octanol–water partition coefficient (Wildman–Crippen LogP) is 1.49. The Labute approximate surface area is 84.1 Å². The first-order valence-electron chi connectivity index (χ1n) is 4.43. The summed E-state index contributed by atoms with van der Waals surface area (Å²) >= 11 is 0. The van der Waals surface area contributed by atoms with Crippen molar-refractivity contribution in [3.05, 3.63) is 11.7 Å². The minimum Gasteiger partial charge on any atom is -0.393 e. The highest BCUT2D eigenvalue weighted by atomic mass is 19.4. The summed E-state index contributed by atoms with van der Waals surface area (Å²) < 4.78 is 40.1. The van der Waals surface area contributed by atoms with Crippen molar-refractivity contribution in [3.8, 4) is 0 Å². The van der Waals surface area contributed by atoms with Crippen molar-refractivity contribution in [1.29, 1.82) is 0 Å². The fraction of sp³-hybridized carbons (Fsp3) is 0.750. The van der Waals surface area contributed by atoms with Crippen LogP contribution in [0.3, 0.4) is 0 Å². The molecule has 86 valence electrons. The number of halogens is 3. The number of aromatic nitrogens is 2. The standard InChI is InChI=1S/C8H11F3N2O2/c1-5(14)4-7-12-6(13-15-7)2-3-8(9,10)11/h5,14H,2-4H2,1H3. The first kappa shape index (κ1) is 12.0. The van der Waals surface area contributed by atoms with Crippen LogP contribution in [-0.2, 0) is 12.8 Å². The molecule has 0 aromatic carbocycles. The number of aliphatic hydroxyl groups is 1. The van der Waals surface area contributed by atoms with Gasteiger partial charge in [0.25, 0.3) is 0 Å². The largest absolute Gasteiger partial charge is 0.393 e. The number of aliphatic hydroxyl groups excluding tert-OH is 1. The van der Waals surface area contributed by atoms with Crippen molar-refractivity contribution >= 4 is 0 Å². The lowest BCUT2D eigenvalue weighted by atomic mass is 10.3. The molecule has 15 heavy (non-hydrogen) atoms. The van der Waals surface area contributed by atoms with E-state index < -0.39 is 18.7 Å². The second-order valence-electron chi connectivity index (χ2n) is 3.27. The van der Waals surface area contributed by atoms with Crippen LogP contribution < -0.4 is 0 Å². The summed E-state index contributed by atoms with van der Waals surface area (Å²) in [5, 5.41) is 12.3. The van der Waals surface area contributed by atoms with Crippen LogP contribution in [0.1, 0.15) is 25.1 Å². The van der Waals surface area contributed by atoms with Gasteiger partial charge in [-0.05, 0) is 6.92 Å². The smallest absolute Gasteiger partial charge is 0.389 e. The van der Waals surface area contributed by atoms with Gasteiger partial charge in [-0.2, -0.15) is 18.2 Å². The van der Waals surface area contributed by atoms with E-state index in [9.17, 15) is 13.2 Å². The number of aryl methyl sites for hydroxylation is 1. The van der Waals surface area contributed by atoms with Gasteiger partial charge in [-0.3, -0.25) is 0 Å². The van der Waals surface area contributed by atoms with E-state index in [4.69, 9.17) is 5.11 Å². The summed E-state index contributed by atoms with van der Waals surface area (Å²) in [7, 11) is 0. The van der Waals surface area contributed by atoms with Crippen molar-refractivity contribution in [2.75, 3.05) is 0 Å². The Bertz CT molecular complexity index is 309. The second-order valence-corrected chi connectivity index (χ2v) is 3.27. The fourth-order valence-corrected chi connectivity index (χ4v) is 0.981. The van der Waals surface area contributed by atoms with Crippen molar-refractivity contribution in [2.24, 2.45) is 0 Å². The van der Waals surface area contributed by atoms with Crippen molar-refractivity contribution in [1.82, 2.24) is 10.1 Å². The third kappa shape index (κ3) is 4.78. The zero-order valence-corrected chi connectivity index (χ0v) is 8.08. The molecule has 1 rings (SSSR count). The van der Waals surface area contributed by atoms with Crippen LogP contribution in [0.4, 0.5) is 13.2 Å². The molecule has 0 fully saturated rings. The Balaban J connectivity index is 2.46. The van der Waals surface area contributed by atoms with Crippen LogP contribution in [-0.4, -0.2) is 27.5 Å². The lowest BCUT2D eigenvalue weighted by Crippen LogP contribution is -2.09. The van der Waals surface area contributed by atoms with Crippen LogP contribution >= 0.6 is 0 Å². The monoisotopic (exact) mass is 224 g/mol. The molecular weight excluding hydrogens is 213 g/mol. The van der Waals surface area contributed by atoms with Crippen LogP contribution in [0.2, 0.25) is 0 Å². The molecule has 0 bridgehead atoms.